The Balaban J connectivity index is -0.000000448. The van der Waals surface area contributed by atoms with E-state index < -0.39 is 78.1 Å². The third-order valence-corrected chi connectivity index (χ3v) is 4.33. The van der Waals surface area contributed by atoms with E-state index in [1.807, 2.05) is 6.92 Å². The van der Waals surface area contributed by atoms with Crippen LogP contribution in [0.4, 0.5) is 0 Å². The minimum absolute atomic E-state index is 0.156. The molecule has 0 aromatic heterocycles. The van der Waals surface area contributed by atoms with Gasteiger partial charge >= 0.3 is 35.8 Å². The van der Waals surface area contributed by atoms with Crippen LogP contribution in [0, 0.1) is 5.41 Å². The summed E-state index contributed by atoms with van der Waals surface area (Å²) >= 11 is 0. The molecule has 0 aliphatic carbocycles. The van der Waals surface area contributed by atoms with E-state index in [2.05, 4.69) is 0 Å². The Hall–Kier alpha value is -3.38. The van der Waals surface area contributed by atoms with Gasteiger partial charge in [0.2, 0.25) is 0 Å². The summed E-state index contributed by atoms with van der Waals surface area (Å²) in [7, 11) is 0. The highest BCUT2D eigenvalue weighted by molar-refractivity contribution is 5.88. The van der Waals surface area contributed by atoms with Crippen molar-refractivity contribution in [2.24, 2.45) is 5.41 Å². The van der Waals surface area contributed by atoms with Gasteiger partial charge in [-0.1, -0.05) is 6.92 Å². The third-order valence-electron chi connectivity index (χ3n) is 4.33. The highest BCUT2D eigenvalue weighted by Crippen LogP contribution is 2.18. The fraction of sp³-hybridized carbons (Fsp3) is 0.667. The second kappa shape index (κ2) is 16.3. The van der Waals surface area contributed by atoms with Gasteiger partial charge in [-0.25, -0.2) is 9.59 Å². The summed E-state index contributed by atoms with van der Waals surface area (Å²) in [5, 5.41) is 93.6. The van der Waals surface area contributed by atoms with Crippen molar-refractivity contribution in [3.05, 3.63) is 0 Å². The Morgan fingerprint density at radius 1 is 0.514 bits per heavy atom. The molecule has 0 aliphatic heterocycles. The SMILES string of the molecule is CCC(CO)(CO)CO.O=C(O)CC(O)(CC(=O)O)C(=O)O.O=C(O)CC(O)(CC(=O)O)C(=O)O. The molecular formula is C18H30O17. The summed E-state index contributed by atoms with van der Waals surface area (Å²) in [4.78, 5) is 61.0. The molecule has 0 aromatic rings. The van der Waals surface area contributed by atoms with Crippen LogP contribution in [-0.2, 0) is 28.8 Å². The van der Waals surface area contributed by atoms with Gasteiger partial charge in [0.05, 0.1) is 45.5 Å². The van der Waals surface area contributed by atoms with E-state index in [4.69, 9.17) is 56.2 Å². The van der Waals surface area contributed by atoms with E-state index in [0.29, 0.717) is 6.42 Å². The number of hydrogen-bond acceptors (Lipinski definition) is 11. The first-order valence-electron chi connectivity index (χ1n) is 9.41. The molecule has 0 atom stereocenters. The smallest absolute Gasteiger partial charge is 0.336 e. The van der Waals surface area contributed by atoms with E-state index in [1.54, 1.807) is 0 Å². The minimum atomic E-state index is -2.74. The highest BCUT2D eigenvalue weighted by atomic mass is 16.4. The molecule has 0 amide bonds. The summed E-state index contributed by atoms with van der Waals surface area (Å²) in [6, 6.07) is 0. The number of carbonyl (C=O) groups is 6. The first-order valence-corrected chi connectivity index (χ1v) is 9.41. The van der Waals surface area contributed by atoms with E-state index in [0.717, 1.165) is 0 Å². The Morgan fingerprint density at radius 3 is 0.771 bits per heavy atom. The van der Waals surface area contributed by atoms with E-state index in [9.17, 15) is 28.8 Å². The monoisotopic (exact) mass is 518 g/mol. The van der Waals surface area contributed by atoms with Crippen molar-refractivity contribution < 1.29 is 84.9 Å². The molecule has 0 fully saturated rings. The van der Waals surface area contributed by atoms with Gasteiger partial charge in [0.1, 0.15) is 0 Å². The number of aliphatic hydroxyl groups excluding tert-OH is 3. The molecule has 0 rings (SSSR count). The summed E-state index contributed by atoms with van der Waals surface area (Å²) < 4.78 is 0. The quantitative estimate of drug-likeness (QED) is 0.108. The molecule has 0 saturated carbocycles. The lowest BCUT2D eigenvalue weighted by molar-refractivity contribution is -0.170. The lowest BCUT2D eigenvalue weighted by atomic mass is 9.88. The lowest BCUT2D eigenvalue weighted by Crippen LogP contribution is -2.42. The Bertz CT molecular complexity index is 638. The zero-order valence-corrected chi connectivity index (χ0v) is 18.5. The van der Waals surface area contributed by atoms with Crippen molar-refractivity contribution >= 4 is 35.8 Å². The Labute approximate surface area is 197 Å². The number of hydrogen-bond donors (Lipinski definition) is 11. The van der Waals surface area contributed by atoms with Crippen LogP contribution >= 0.6 is 0 Å². The molecule has 0 aromatic carbocycles. The van der Waals surface area contributed by atoms with Crippen LogP contribution in [0.15, 0.2) is 0 Å². The zero-order chi connectivity index (χ0) is 28.6. The molecule has 0 unspecified atom stereocenters. The predicted molar refractivity (Wildman–Crippen MR) is 108 cm³/mol. The van der Waals surface area contributed by atoms with Gasteiger partial charge in [0, 0.05) is 5.41 Å². The van der Waals surface area contributed by atoms with E-state index in [-0.39, 0.29) is 19.8 Å². The molecular weight excluding hydrogens is 488 g/mol. The number of rotatable bonds is 14. The lowest BCUT2D eigenvalue weighted by Gasteiger charge is -2.24. The van der Waals surface area contributed by atoms with Crippen molar-refractivity contribution in [1.82, 2.24) is 0 Å². The molecule has 11 N–H and O–H groups in total. The van der Waals surface area contributed by atoms with Crippen LogP contribution < -0.4 is 0 Å². The summed E-state index contributed by atoms with van der Waals surface area (Å²) in [5.41, 5.74) is -6.14. The maximum Gasteiger partial charge on any atom is 0.336 e. The molecule has 204 valence electrons. The molecule has 0 heterocycles. The fourth-order valence-corrected chi connectivity index (χ4v) is 1.91. The average molecular weight is 518 g/mol. The molecule has 0 bridgehead atoms. The molecule has 0 saturated heterocycles. The van der Waals surface area contributed by atoms with Gasteiger partial charge in [0.25, 0.3) is 0 Å². The van der Waals surface area contributed by atoms with E-state index >= 15 is 0 Å². The van der Waals surface area contributed by atoms with Crippen LogP contribution in [0.1, 0.15) is 39.0 Å². The topological polar surface area (TPSA) is 325 Å². The molecule has 0 aliphatic rings. The normalized spacial score (nSPS) is 11.1. The summed E-state index contributed by atoms with van der Waals surface area (Å²) in [5.74, 6) is -10.0. The Morgan fingerprint density at radius 2 is 0.714 bits per heavy atom. The third kappa shape index (κ3) is 15.2. The van der Waals surface area contributed by atoms with Gasteiger partial charge in [-0.2, -0.15) is 0 Å². The van der Waals surface area contributed by atoms with Crippen molar-refractivity contribution in [2.75, 3.05) is 19.8 Å². The van der Waals surface area contributed by atoms with Crippen LogP contribution in [0.3, 0.4) is 0 Å². The van der Waals surface area contributed by atoms with Crippen LogP contribution in [0.2, 0.25) is 0 Å². The van der Waals surface area contributed by atoms with Gasteiger partial charge in [-0.05, 0) is 6.42 Å². The second-order valence-corrected chi connectivity index (χ2v) is 7.28. The van der Waals surface area contributed by atoms with Crippen molar-refractivity contribution in [2.45, 2.75) is 50.2 Å². The van der Waals surface area contributed by atoms with Crippen LogP contribution in [0.5, 0.6) is 0 Å². The number of carboxylic acid groups (broad SMARTS) is 6. The maximum absolute atomic E-state index is 10.3. The number of aliphatic carboxylic acids is 6. The van der Waals surface area contributed by atoms with Crippen molar-refractivity contribution in [3.8, 4) is 0 Å². The largest absolute Gasteiger partial charge is 0.481 e. The minimum Gasteiger partial charge on any atom is -0.481 e. The predicted octanol–water partition coefficient (Wildman–Crippen LogP) is -3.14. The van der Waals surface area contributed by atoms with Crippen molar-refractivity contribution in [1.29, 1.82) is 0 Å². The number of aliphatic hydroxyl groups is 5. The average Bonchev–Trinajstić information content (AvgIpc) is 2.68. The maximum atomic E-state index is 10.3. The highest BCUT2D eigenvalue weighted by Gasteiger charge is 2.41. The van der Waals surface area contributed by atoms with Gasteiger partial charge in [-0.3, -0.25) is 19.2 Å². The molecule has 35 heavy (non-hydrogen) atoms. The first kappa shape index (κ1) is 36.2. The summed E-state index contributed by atoms with van der Waals surface area (Å²) in [6.45, 7) is 1.35. The molecule has 0 spiro atoms. The molecule has 0 radical (unpaired) electrons. The number of carboxylic acids is 6. The van der Waals surface area contributed by atoms with Crippen molar-refractivity contribution in [3.63, 3.8) is 0 Å². The van der Waals surface area contributed by atoms with Crippen LogP contribution in [0.25, 0.3) is 0 Å². The molecule has 17 nitrogen and oxygen atoms in total. The van der Waals surface area contributed by atoms with Crippen LogP contribution in [-0.4, -0.2) is 123 Å². The van der Waals surface area contributed by atoms with Gasteiger partial charge in [-0.15, -0.1) is 0 Å². The van der Waals surface area contributed by atoms with E-state index in [1.165, 1.54) is 0 Å². The van der Waals surface area contributed by atoms with Gasteiger partial charge in [0.15, 0.2) is 11.2 Å². The first-order chi connectivity index (χ1) is 15.8. The molecule has 17 heteroatoms. The zero-order valence-electron chi connectivity index (χ0n) is 18.5. The standard InChI is InChI=1S/2C6H8O7.C6H14O3/c2*7-3(8)1-6(13,5(11)12)2-4(9)10;1-2-6(3-7,4-8)5-9/h2*13H,1-2H2,(H,7,8)(H,9,10)(H,11,12);7-9H,2-5H2,1H3. The summed E-state index contributed by atoms with van der Waals surface area (Å²) in [6.07, 6.45) is -3.98. The van der Waals surface area contributed by atoms with Gasteiger partial charge < -0.3 is 56.2 Å². The second-order valence-electron chi connectivity index (χ2n) is 7.28. The fourth-order valence-electron chi connectivity index (χ4n) is 1.91. The Kier molecular flexibility index (Phi) is 16.8.